The topological polar surface area (TPSA) is 99.9 Å². The van der Waals surface area contributed by atoms with Crippen LogP contribution in [0.15, 0.2) is 22.8 Å². The van der Waals surface area contributed by atoms with Crippen LogP contribution in [0.25, 0.3) is 0 Å². The first kappa shape index (κ1) is 16.5. The van der Waals surface area contributed by atoms with E-state index >= 15 is 0 Å². The third kappa shape index (κ3) is 3.29. The summed E-state index contributed by atoms with van der Waals surface area (Å²) in [5, 5.41) is 12.1. The molecule has 7 nitrogen and oxygen atoms in total. The Morgan fingerprint density at radius 2 is 2.08 bits per heavy atom. The number of hydrogen-bond donors (Lipinski definition) is 2. The van der Waals surface area contributed by atoms with Gasteiger partial charge in [0.25, 0.3) is 5.91 Å². The number of carbonyl (C=O) groups excluding carboxylic acids is 2. The Kier molecular flexibility index (Phi) is 4.87. The highest BCUT2D eigenvalue weighted by Crippen LogP contribution is 2.40. The number of likely N-dealkylation sites (tertiary alicyclic amines) is 1. The first-order chi connectivity index (χ1) is 11.6. The molecule has 3 rings (SSSR count). The van der Waals surface area contributed by atoms with Crippen molar-refractivity contribution in [3.8, 4) is 0 Å². The second-order valence-corrected chi connectivity index (χ2v) is 6.49. The van der Waals surface area contributed by atoms with Crippen molar-refractivity contribution in [2.45, 2.75) is 50.6 Å². The Bertz CT molecular complexity index is 613. The monoisotopic (exact) mass is 334 g/mol. The molecule has 1 aliphatic heterocycles. The first-order valence-corrected chi connectivity index (χ1v) is 8.43. The lowest BCUT2D eigenvalue weighted by Crippen LogP contribution is -2.47. The number of nitrogens with zero attached hydrogens (tertiary/aromatic N) is 1. The molecule has 2 heterocycles. The van der Waals surface area contributed by atoms with Gasteiger partial charge in [0.05, 0.1) is 6.26 Å². The number of amides is 2. The van der Waals surface area contributed by atoms with Crippen LogP contribution >= 0.6 is 0 Å². The molecule has 1 aromatic rings. The molecule has 0 radical (unpaired) electrons. The fourth-order valence-electron chi connectivity index (χ4n) is 3.95. The molecule has 3 atom stereocenters. The third-order valence-electron chi connectivity index (χ3n) is 5.03. The summed E-state index contributed by atoms with van der Waals surface area (Å²) >= 11 is 0. The van der Waals surface area contributed by atoms with Gasteiger partial charge >= 0.3 is 5.97 Å². The van der Waals surface area contributed by atoms with Gasteiger partial charge in [-0.15, -0.1) is 0 Å². The van der Waals surface area contributed by atoms with Crippen molar-refractivity contribution in [1.82, 2.24) is 10.2 Å². The summed E-state index contributed by atoms with van der Waals surface area (Å²) in [7, 11) is 0. The molecule has 3 unspecified atom stereocenters. The summed E-state index contributed by atoms with van der Waals surface area (Å²) in [4.78, 5) is 37.4. The average molecular weight is 334 g/mol. The van der Waals surface area contributed by atoms with Crippen LogP contribution in [-0.4, -0.2) is 46.4 Å². The number of carboxylic acid groups (broad SMARTS) is 1. The molecule has 2 aliphatic rings. The number of hydrogen-bond acceptors (Lipinski definition) is 4. The smallest absolute Gasteiger partial charge is 0.326 e. The molecule has 0 bridgehead atoms. The molecule has 0 aromatic carbocycles. The summed E-state index contributed by atoms with van der Waals surface area (Å²) in [5.41, 5.74) is 0. The molecule has 2 fully saturated rings. The molecule has 0 spiro atoms. The second kappa shape index (κ2) is 7.07. The van der Waals surface area contributed by atoms with Gasteiger partial charge in [0.15, 0.2) is 5.76 Å². The first-order valence-electron chi connectivity index (χ1n) is 8.43. The van der Waals surface area contributed by atoms with Crippen LogP contribution in [0.4, 0.5) is 0 Å². The number of aliphatic carboxylic acids is 1. The summed E-state index contributed by atoms with van der Waals surface area (Å²) in [6.45, 7) is 0.165. The van der Waals surface area contributed by atoms with E-state index in [-0.39, 0.29) is 36.6 Å². The minimum Gasteiger partial charge on any atom is -0.480 e. The van der Waals surface area contributed by atoms with E-state index in [4.69, 9.17) is 4.42 Å². The van der Waals surface area contributed by atoms with Gasteiger partial charge < -0.3 is 19.7 Å². The standard InChI is InChI=1S/C17H22N2O5/c20-15(7-8-18-16(21)14-6-3-9-24-14)19-12-5-2-1-4-11(12)10-13(19)17(22)23/h3,6,9,11-13H,1-2,4-5,7-8,10H2,(H,18,21)(H,22,23). The Hall–Kier alpha value is -2.31. The number of carbonyl (C=O) groups is 3. The maximum Gasteiger partial charge on any atom is 0.326 e. The number of fused-ring (bicyclic) bond motifs is 1. The van der Waals surface area contributed by atoms with E-state index in [1.807, 2.05) is 0 Å². The van der Waals surface area contributed by atoms with Crippen molar-refractivity contribution in [2.75, 3.05) is 6.54 Å². The van der Waals surface area contributed by atoms with E-state index in [1.54, 1.807) is 17.0 Å². The molecule has 2 N–H and O–H groups in total. The van der Waals surface area contributed by atoms with Crippen LogP contribution in [0.1, 0.15) is 49.1 Å². The Balaban J connectivity index is 1.58. The largest absolute Gasteiger partial charge is 0.480 e. The minimum absolute atomic E-state index is 0.0353. The van der Waals surface area contributed by atoms with Gasteiger partial charge in [-0.3, -0.25) is 9.59 Å². The third-order valence-corrected chi connectivity index (χ3v) is 5.03. The Labute approximate surface area is 140 Å². The normalized spacial score (nSPS) is 26.0. The van der Waals surface area contributed by atoms with Crippen molar-refractivity contribution >= 4 is 17.8 Å². The van der Waals surface area contributed by atoms with Crippen LogP contribution in [-0.2, 0) is 9.59 Å². The predicted octanol–water partition coefficient (Wildman–Crippen LogP) is 1.64. The number of carboxylic acids is 1. The van der Waals surface area contributed by atoms with Crippen LogP contribution in [0.5, 0.6) is 0 Å². The Morgan fingerprint density at radius 3 is 2.79 bits per heavy atom. The highest BCUT2D eigenvalue weighted by molar-refractivity contribution is 5.91. The lowest BCUT2D eigenvalue weighted by Gasteiger charge is -2.33. The molecule has 130 valence electrons. The quantitative estimate of drug-likeness (QED) is 0.853. The van der Waals surface area contributed by atoms with E-state index in [2.05, 4.69) is 5.32 Å². The van der Waals surface area contributed by atoms with E-state index in [0.29, 0.717) is 12.3 Å². The molecule has 7 heteroatoms. The van der Waals surface area contributed by atoms with Crippen molar-refractivity contribution in [2.24, 2.45) is 5.92 Å². The zero-order valence-electron chi connectivity index (χ0n) is 13.4. The Morgan fingerprint density at radius 1 is 1.29 bits per heavy atom. The second-order valence-electron chi connectivity index (χ2n) is 6.49. The summed E-state index contributed by atoms with van der Waals surface area (Å²) in [6, 6.07) is 2.47. The maximum atomic E-state index is 12.6. The van der Waals surface area contributed by atoms with E-state index < -0.39 is 12.0 Å². The van der Waals surface area contributed by atoms with Gasteiger partial charge in [-0.05, 0) is 37.3 Å². The molecular weight excluding hydrogens is 312 g/mol. The molecule has 2 amide bonds. The van der Waals surface area contributed by atoms with E-state index in [0.717, 1.165) is 25.7 Å². The predicted molar refractivity (Wildman–Crippen MR) is 84.3 cm³/mol. The summed E-state index contributed by atoms with van der Waals surface area (Å²) in [6.07, 6.45) is 6.06. The van der Waals surface area contributed by atoms with Crippen LogP contribution in [0.3, 0.4) is 0 Å². The zero-order valence-corrected chi connectivity index (χ0v) is 13.4. The molecular formula is C17H22N2O5. The number of rotatable bonds is 5. The van der Waals surface area contributed by atoms with Crippen molar-refractivity contribution in [3.05, 3.63) is 24.2 Å². The molecule has 24 heavy (non-hydrogen) atoms. The van der Waals surface area contributed by atoms with Gasteiger partial charge in [0, 0.05) is 19.0 Å². The van der Waals surface area contributed by atoms with Gasteiger partial charge in [-0.2, -0.15) is 0 Å². The molecule has 1 saturated carbocycles. The van der Waals surface area contributed by atoms with Gasteiger partial charge in [-0.1, -0.05) is 12.8 Å². The highest BCUT2D eigenvalue weighted by Gasteiger charge is 2.47. The van der Waals surface area contributed by atoms with Crippen molar-refractivity contribution < 1.29 is 23.9 Å². The summed E-state index contributed by atoms with van der Waals surface area (Å²) in [5.74, 6) is -1.02. The van der Waals surface area contributed by atoms with E-state index in [1.165, 1.54) is 6.26 Å². The molecule has 1 aliphatic carbocycles. The van der Waals surface area contributed by atoms with Crippen molar-refractivity contribution in [1.29, 1.82) is 0 Å². The SMILES string of the molecule is O=C(NCCC(=O)N1C(C(=O)O)CC2CCCCC21)c1ccco1. The maximum absolute atomic E-state index is 12.6. The number of furan rings is 1. The average Bonchev–Trinajstić information content (AvgIpc) is 3.22. The van der Waals surface area contributed by atoms with Gasteiger partial charge in [0.2, 0.25) is 5.91 Å². The lowest BCUT2D eigenvalue weighted by molar-refractivity contribution is -0.149. The fourth-order valence-corrected chi connectivity index (χ4v) is 3.95. The van der Waals surface area contributed by atoms with Crippen molar-refractivity contribution in [3.63, 3.8) is 0 Å². The van der Waals surface area contributed by atoms with E-state index in [9.17, 15) is 19.5 Å². The van der Waals surface area contributed by atoms with Gasteiger partial charge in [0.1, 0.15) is 6.04 Å². The van der Waals surface area contributed by atoms with Gasteiger partial charge in [-0.25, -0.2) is 4.79 Å². The minimum atomic E-state index is -0.933. The van der Waals surface area contributed by atoms with Crippen LogP contribution in [0.2, 0.25) is 0 Å². The molecule has 1 saturated heterocycles. The van der Waals surface area contributed by atoms with Crippen LogP contribution in [0, 0.1) is 5.92 Å². The van der Waals surface area contributed by atoms with Crippen LogP contribution < -0.4 is 5.32 Å². The fraction of sp³-hybridized carbons (Fsp3) is 0.588. The zero-order chi connectivity index (χ0) is 17.1. The summed E-state index contributed by atoms with van der Waals surface area (Å²) < 4.78 is 4.99. The number of nitrogens with one attached hydrogen (secondary N) is 1. The highest BCUT2D eigenvalue weighted by atomic mass is 16.4. The lowest BCUT2D eigenvalue weighted by atomic mass is 9.84. The molecule has 1 aromatic heterocycles.